The van der Waals surface area contributed by atoms with Crippen molar-refractivity contribution in [1.29, 1.82) is 0 Å². The third-order valence-corrected chi connectivity index (χ3v) is 9.50. The van der Waals surface area contributed by atoms with E-state index in [-0.39, 0.29) is 0 Å². The Hall–Kier alpha value is -6.98. The van der Waals surface area contributed by atoms with Gasteiger partial charge in [0.2, 0.25) is 5.89 Å². The van der Waals surface area contributed by atoms with Crippen LogP contribution in [0.25, 0.3) is 100 Å². The number of benzene rings is 8. The third-order valence-electron chi connectivity index (χ3n) is 9.50. The molecule has 8 aromatic carbocycles. The molecule has 0 saturated heterocycles. The van der Waals surface area contributed by atoms with Gasteiger partial charge in [-0.15, -0.1) is 0 Å². The monoisotopic (exact) mass is 652 g/mol. The van der Waals surface area contributed by atoms with E-state index in [9.17, 15) is 0 Å². The maximum atomic E-state index is 6.49. The highest BCUT2D eigenvalue weighted by molar-refractivity contribution is 6.18. The zero-order valence-electron chi connectivity index (χ0n) is 27.4. The molecule has 0 bridgehead atoms. The van der Waals surface area contributed by atoms with Gasteiger partial charge in [-0.1, -0.05) is 133 Å². The van der Waals surface area contributed by atoms with E-state index in [1.807, 2.05) is 66.7 Å². The number of fused-ring (bicyclic) bond motifs is 6. The fraction of sp³-hybridized carbons (Fsp3) is 0. The Morgan fingerprint density at radius 2 is 0.882 bits per heavy atom. The molecule has 10 aromatic rings. The van der Waals surface area contributed by atoms with Crippen LogP contribution in [0.3, 0.4) is 0 Å². The van der Waals surface area contributed by atoms with E-state index in [4.69, 9.17) is 24.4 Å². The Morgan fingerprint density at radius 3 is 1.69 bits per heavy atom. The first-order chi connectivity index (χ1) is 25.2. The van der Waals surface area contributed by atoms with E-state index < -0.39 is 0 Å². The number of hydrogen-bond acceptors (Lipinski definition) is 5. The fourth-order valence-corrected chi connectivity index (χ4v) is 6.92. The van der Waals surface area contributed by atoms with Gasteiger partial charge in [-0.3, -0.25) is 0 Å². The lowest BCUT2D eigenvalue weighted by molar-refractivity contribution is 0.623. The predicted octanol–water partition coefficient (Wildman–Crippen LogP) is 11.8. The average molecular weight is 653 g/mol. The molecule has 0 N–H and O–H groups in total. The summed E-state index contributed by atoms with van der Waals surface area (Å²) in [5.41, 5.74) is 7.51. The quantitative estimate of drug-likeness (QED) is 0.173. The number of rotatable bonds is 5. The maximum absolute atomic E-state index is 6.49. The van der Waals surface area contributed by atoms with Gasteiger partial charge < -0.3 is 4.42 Å². The number of oxazole rings is 1. The largest absolute Gasteiger partial charge is 0.435 e. The van der Waals surface area contributed by atoms with Crippen molar-refractivity contribution in [2.45, 2.75) is 0 Å². The molecule has 0 amide bonds. The van der Waals surface area contributed by atoms with Crippen molar-refractivity contribution in [3.05, 3.63) is 170 Å². The summed E-state index contributed by atoms with van der Waals surface area (Å²) in [4.78, 5) is 20.0. The first kappa shape index (κ1) is 29.0. The second-order valence-electron chi connectivity index (χ2n) is 12.7. The van der Waals surface area contributed by atoms with Gasteiger partial charge in [0.1, 0.15) is 5.52 Å². The number of aromatic nitrogens is 4. The minimum Gasteiger partial charge on any atom is -0.435 e. The molecular weight excluding hydrogens is 625 g/mol. The van der Waals surface area contributed by atoms with E-state index >= 15 is 0 Å². The zero-order valence-corrected chi connectivity index (χ0v) is 27.4. The van der Waals surface area contributed by atoms with Crippen LogP contribution in [0.1, 0.15) is 0 Å². The Labute approximate surface area is 293 Å². The lowest BCUT2D eigenvalue weighted by atomic mass is 9.98. The van der Waals surface area contributed by atoms with E-state index in [1.54, 1.807) is 0 Å². The third kappa shape index (κ3) is 5.20. The van der Waals surface area contributed by atoms with E-state index in [2.05, 4.69) is 103 Å². The minimum absolute atomic E-state index is 0.601. The topological polar surface area (TPSA) is 64.7 Å². The lowest BCUT2D eigenvalue weighted by Gasteiger charge is -2.11. The van der Waals surface area contributed by atoms with Crippen molar-refractivity contribution in [3.63, 3.8) is 0 Å². The van der Waals surface area contributed by atoms with Gasteiger partial charge in [-0.05, 0) is 74.5 Å². The Bertz CT molecular complexity index is 2920. The van der Waals surface area contributed by atoms with Crippen LogP contribution in [-0.2, 0) is 0 Å². The molecule has 0 aliphatic rings. The zero-order chi connectivity index (χ0) is 33.7. The van der Waals surface area contributed by atoms with Crippen molar-refractivity contribution < 1.29 is 4.42 Å². The molecule has 5 heteroatoms. The summed E-state index contributed by atoms with van der Waals surface area (Å²) in [5, 5.41) is 6.66. The van der Waals surface area contributed by atoms with E-state index in [0.717, 1.165) is 66.0 Å². The summed E-state index contributed by atoms with van der Waals surface area (Å²) in [6.45, 7) is 0. The summed E-state index contributed by atoms with van der Waals surface area (Å²) in [7, 11) is 0. The fourth-order valence-electron chi connectivity index (χ4n) is 6.92. The van der Waals surface area contributed by atoms with Crippen LogP contribution >= 0.6 is 0 Å². The summed E-state index contributed by atoms with van der Waals surface area (Å²) < 4.78 is 6.49. The molecule has 0 spiro atoms. The van der Waals surface area contributed by atoms with Gasteiger partial charge in [0.05, 0.1) is 0 Å². The Balaban J connectivity index is 1.14. The molecule has 0 saturated carbocycles. The lowest BCUT2D eigenvalue weighted by Crippen LogP contribution is -2.00. The number of hydrogen-bond donors (Lipinski definition) is 0. The predicted molar refractivity (Wildman–Crippen MR) is 207 cm³/mol. The summed E-state index contributed by atoms with van der Waals surface area (Å²) in [6.07, 6.45) is 0. The van der Waals surface area contributed by atoms with Gasteiger partial charge in [-0.2, -0.15) is 0 Å². The molecule has 51 heavy (non-hydrogen) atoms. The molecule has 2 aromatic heterocycles. The first-order valence-electron chi connectivity index (χ1n) is 17.0. The van der Waals surface area contributed by atoms with E-state index in [1.165, 1.54) is 10.8 Å². The van der Waals surface area contributed by atoms with Gasteiger partial charge in [0, 0.05) is 27.6 Å². The molecule has 5 nitrogen and oxygen atoms in total. The van der Waals surface area contributed by atoms with Crippen LogP contribution in [0.2, 0.25) is 0 Å². The number of nitrogens with zero attached hydrogens (tertiary/aromatic N) is 4. The molecule has 238 valence electrons. The van der Waals surface area contributed by atoms with Crippen LogP contribution < -0.4 is 0 Å². The molecule has 2 heterocycles. The summed E-state index contributed by atoms with van der Waals surface area (Å²) in [6, 6.07) is 58.3. The van der Waals surface area contributed by atoms with Crippen molar-refractivity contribution in [2.24, 2.45) is 0 Å². The summed E-state index contributed by atoms with van der Waals surface area (Å²) in [5.74, 6) is 2.44. The SMILES string of the molecule is c1ccc(-c2nc(-c3cccc(-c4ccc5ccccc5c4)c3)nc(-c3ccc4ccc5ccc6nc(-c7ccccc7)oc6c5c4c3)n2)cc1. The standard InChI is InChI=1S/C46H28N4O/c1-3-11-32(12-4-1)43-48-44(37-17-9-16-35(27-37)36-22-18-29-10-7-8-15-34(29)26-36)50-45(49-43)38-23-20-30-19-21-31-24-25-40-42(41(31)39(30)28-38)51-46(47-40)33-13-5-2-6-14-33/h1-28H. The molecule has 10 rings (SSSR count). The highest BCUT2D eigenvalue weighted by Crippen LogP contribution is 2.37. The van der Waals surface area contributed by atoms with Crippen molar-refractivity contribution in [2.75, 3.05) is 0 Å². The molecule has 0 aliphatic carbocycles. The molecule has 0 unspecified atom stereocenters. The van der Waals surface area contributed by atoms with Crippen molar-refractivity contribution in [1.82, 2.24) is 19.9 Å². The minimum atomic E-state index is 0.601. The van der Waals surface area contributed by atoms with Crippen LogP contribution in [0.15, 0.2) is 174 Å². The Morgan fingerprint density at radius 1 is 0.333 bits per heavy atom. The highest BCUT2D eigenvalue weighted by Gasteiger charge is 2.17. The summed E-state index contributed by atoms with van der Waals surface area (Å²) >= 11 is 0. The molecule has 0 fully saturated rings. The van der Waals surface area contributed by atoms with Gasteiger partial charge in [0.15, 0.2) is 23.1 Å². The van der Waals surface area contributed by atoms with Crippen molar-refractivity contribution in [3.8, 4) is 56.7 Å². The molecular formula is C46H28N4O. The van der Waals surface area contributed by atoms with Crippen LogP contribution in [0.4, 0.5) is 0 Å². The Kier molecular flexibility index (Phi) is 6.74. The van der Waals surface area contributed by atoms with Crippen molar-refractivity contribution >= 4 is 43.4 Å². The second-order valence-corrected chi connectivity index (χ2v) is 12.7. The molecule has 0 atom stereocenters. The molecule has 0 radical (unpaired) electrons. The van der Waals surface area contributed by atoms with Crippen LogP contribution in [0.5, 0.6) is 0 Å². The first-order valence-corrected chi connectivity index (χ1v) is 17.0. The maximum Gasteiger partial charge on any atom is 0.227 e. The average Bonchev–Trinajstić information content (AvgIpc) is 3.66. The van der Waals surface area contributed by atoms with E-state index in [0.29, 0.717) is 23.4 Å². The van der Waals surface area contributed by atoms with Gasteiger partial charge in [0.25, 0.3) is 0 Å². The van der Waals surface area contributed by atoms with Gasteiger partial charge >= 0.3 is 0 Å². The van der Waals surface area contributed by atoms with Crippen LogP contribution in [-0.4, -0.2) is 19.9 Å². The smallest absolute Gasteiger partial charge is 0.227 e. The van der Waals surface area contributed by atoms with Gasteiger partial charge in [-0.25, -0.2) is 19.9 Å². The van der Waals surface area contributed by atoms with Crippen LogP contribution in [0, 0.1) is 0 Å². The normalized spacial score (nSPS) is 11.5. The molecule has 0 aliphatic heterocycles. The second kappa shape index (κ2) is 11.9. The highest BCUT2D eigenvalue weighted by atomic mass is 16.3.